The van der Waals surface area contributed by atoms with Crippen molar-refractivity contribution in [3.63, 3.8) is 0 Å². The number of likely N-dealkylation sites (tertiary alicyclic amines) is 1. The quantitative estimate of drug-likeness (QED) is 0.838. The van der Waals surface area contributed by atoms with Crippen molar-refractivity contribution in [1.82, 2.24) is 15.2 Å². The Bertz CT molecular complexity index is 406. The van der Waals surface area contributed by atoms with Gasteiger partial charge in [0, 0.05) is 36.8 Å². The standard InChI is InChI=1S/C15H28N4S/c1-5-16-12(3)14-10-17-15(20-14)18(4)11-13-8-7-9-19(13)6-2/h10,12-13,16H,5-9,11H2,1-4H3. The maximum atomic E-state index is 4.60. The van der Waals surface area contributed by atoms with Gasteiger partial charge in [0.1, 0.15) is 0 Å². The van der Waals surface area contributed by atoms with Gasteiger partial charge in [-0.1, -0.05) is 13.8 Å². The molecular weight excluding hydrogens is 268 g/mol. The molecule has 0 bridgehead atoms. The van der Waals surface area contributed by atoms with Crippen LogP contribution < -0.4 is 10.2 Å². The summed E-state index contributed by atoms with van der Waals surface area (Å²) in [6.07, 6.45) is 4.69. The molecule has 20 heavy (non-hydrogen) atoms. The van der Waals surface area contributed by atoms with E-state index in [1.165, 1.54) is 30.8 Å². The van der Waals surface area contributed by atoms with Crippen molar-refractivity contribution in [2.24, 2.45) is 0 Å². The zero-order valence-corrected chi connectivity index (χ0v) is 14.0. The van der Waals surface area contributed by atoms with Gasteiger partial charge < -0.3 is 10.2 Å². The smallest absolute Gasteiger partial charge is 0.185 e. The monoisotopic (exact) mass is 296 g/mol. The van der Waals surface area contributed by atoms with Crippen molar-refractivity contribution in [3.05, 3.63) is 11.1 Å². The topological polar surface area (TPSA) is 31.4 Å². The van der Waals surface area contributed by atoms with Crippen LogP contribution in [0.1, 0.15) is 44.5 Å². The first-order chi connectivity index (χ1) is 9.65. The second-order valence-electron chi connectivity index (χ2n) is 5.63. The summed E-state index contributed by atoms with van der Waals surface area (Å²) in [4.78, 5) is 10.8. The van der Waals surface area contributed by atoms with Gasteiger partial charge in [0.2, 0.25) is 0 Å². The molecule has 2 unspecified atom stereocenters. The molecule has 0 aromatic carbocycles. The minimum atomic E-state index is 0.401. The van der Waals surface area contributed by atoms with E-state index in [4.69, 9.17) is 0 Å². The van der Waals surface area contributed by atoms with Crippen molar-refractivity contribution in [3.8, 4) is 0 Å². The van der Waals surface area contributed by atoms with Crippen LogP contribution in [-0.4, -0.2) is 49.2 Å². The highest BCUT2D eigenvalue weighted by atomic mass is 32.1. The third-order valence-corrected chi connectivity index (χ3v) is 5.46. The zero-order chi connectivity index (χ0) is 14.5. The summed E-state index contributed by atoms with van der Waals surface area (Å²) in [7, 11) is 2.17. The van der Waals surface area contributed by atoms with Crippen LogP contribution in [0.25, 0.3) is 0 Å². The summed E-state index contributed by atoms with van der Waals surface area (Å²) >= 11 is 1.82. The maximum Gasteiger partial charge on any atom is 0.185 e. The highest BCUT2D eigenvalue weighted by molar-refractivity contribution is 7.15. The van der Waals surface area contributed by atoms with E-state index in [1.807, 2.05) is 17.5 Å². The summed E-state index contributed by atoms with van der Waals surface area (Å²) < 4.78 is 0. The van der Waals surface area contributed by atoms with Gasteiger partial charge in [0.25, 0.3) is 0 Å². The van der Waals surface area contributed by atoms with Gasteiger partial charge in [-0.05, 0) is 39.4 Å². The average Bonchev–Trinajstić information content (AvgIpc) is 3.07. The normalized spacial score (nSPS) is 21.3. The lowest BCUT2D eigenvalue weighted by Crippen LogP contribution is -2.38. The number of likely N-dealkylation sites (N-methyl/N-ethyl adjacent to an activating group) is 2. The molecule has 0 amide bonds. The maximum absolute atomic E-state index is 4.60. The molecule has 1 aliphatic heterocycles. The lowest BCUT2D eigenvalue weighted by molar-refractivity contribution is 0.270. The summed E-state index contributed by atoms with van der Waals surface area (Å²) in [5.74, 6) is 0. The molecule has 2 rings (SSSR count). The predicted octanol–water partition coefficient (Wildman–Crippen LogP) is 2.73. The third kappa shape index (κ3) is 3.71. The van der Waals surface area contributed by atoms with Crippen molar-refractivity contribution in [2.45, 2.75) is 45.7 Å². The summed E-state index contributed by atoms with van der Waals surface area (Å²) in [5.41, 5.74) is 0. The van der Waals surface area contributed by atoms with Crippen molar-refractivity contribution < 1.29 is 0 Å². The Kier molecular flexibility index (Phi) is 5.81. The summed E-state index contributed by atoms with van der Waals surface area (Å²) in [6, 6.07) is 1.10. The van der Waals surface area contributed by atoms with Gasteiger partial charge in [0.05, 0.1) is 0 Å². The first kappa shape index (κ1) is 15.7. The SMILES string of the molecule is CCNC(C)c1cnc(N(C)CC2CCCN2CC)s1. The Morgan fingerprint density at radius 1 is 1.55 bits per heavy atom. The van der Waals surface area contributed by atoms with Crippen LogP contribution in [0, 0.1) is 0 Å². The molecule has 1 aromatic rings. The Labute approximate surface area is 127 Å². The number of anilines is 1. The molecule has 0 spiro atoms. The van der Waals surface area contributed by atoms with E-state index in [9.17, 15) is 0 Å². The van der Waals surface area contributed by atoms with Gasteiger partial charge in [-0.2, -0.15) is 0 Å². The molecule has 1 aromatic heterocycles. The molecule has 0 aliphatic carbocycles. The second kappa shape index (κ2) is 7.38. The first-order valence-electron chi connectivity index (χ1n) is 7.80. The minimum Gasteiger partial charge on any atom is -0.350 e. The van der Waals surface area contributed by atoms with Crippen molar-refractivity contribution in [1.29, 1.82) is 0 Å². The minimum absolute atomic E-state index is 0.401. The van der Waals surface area contributed by atoms with E-state index in [0.29, 0.717) is 12.1 Å². The Balaban J connectivity index is 1.94. The number of hydrogen-bond donors (Lipinski definition) is 1. The van der Waals surface area contributed by atoms with E-state index in [2.05, 4.69) is 47.9 Å². The molecule has 4 nitrogen and oxygen atoms in total. The highest BCUT2D eigenvalue weighted by Crippen LogP contribution is 2.27. The Morgan fingerprint density at radius 3 is 3.05 bits per heavy atom. The molecule has 1 fully saturated rings. The number of thiazole rings is 1. The fourth-order valence-corrected chi connectivity index (χ4v) is 3.88. The number of rotatable bonds is 7. The average molecular weight is 296 g/mol. The fraction of sp³-hybridized carbons (Fsp3) is 0.800. The van der Waals surface area contributed by atoms with E-state index in [0.717, 1.165) is 18.2 Å². The largest absolute Gasteiger partial charge is 0.350 e. The zero-order valence-electron chi connectivity index (χ0n) is 13.2. The van der Waals surface area contributed by atoms with Gasteiger partial charge in [0.15, 0.2) is 5.13 Å². The van der Waals surface area contributed by atoms with Crippen LogP contribution in [-0.2, 0) is 0 Å². The van der Waals surface area contributed by atoms with Gasteiger partial charge in [-0.3, -0.25) is 4.90 Å². The number of nitrogens with one attached hydrogen (secondary N) is 1. The van der Waals surface area contributed by atoms with Crippen molar-refractivity contribution in [2.75, 3.05) is 38.1 Å². The van der Waals surface area contributed by atoms with E-state index in [-0.39, 0.29) is 0 Å². The van der Waals surface area contributed by atoms with Crippen LogP contribution in [0.2, 0.25) is 0 Å². The number of aromatic nitrogens is 1. The first-order valence-corrected chi connectivity index (χ1v) is 8.61. The number of nitrogens with zero attached hydrogens (tertiary/aromatic N) is 3. The predicted molar refractivity (Wildman–Crippen MR) is 87.7 cm³/mol. The number of hydrogen-bond acceptors (Lipinski definition) is 5. The molecule has 5 heteroatoms. The molecule has 2 atom stereocenters. The lowest BCUT2D eigenvalue weighted by atomic mass is 10.2. The second-order valence-corrected chi connectivity index (χ2v) is 6.67. The van der Waals surface area contributed by atoms with E-state index < -0.39 is 0 Å². The van der Waals surface area contributed by atoms with Gasteiger partial charge >= 0.3 is 0 Å². The van der Waals surface area contributed by atoms with Crippen LogP contribution in [0.3, 0.4) is 0 Å². The molecule has 0 saturated carbocycles. The Hall–Kier alpha value is -0.650. The van der Waals surface area contributed by atoms with Crippen molar-refractivity contribution >= 4 is 16.5 Å². The van der Waals surface area contributed by atoms with Gasteiger partial charge in [-0.15, -0.1) is 11.3 Å². The molecule has 114 valence electrons. The van der Waals surface area contributed by atoms with Crippen LogP contribution >= 0.6 is 11.3 Å². The summed E-state index contributed by atoms with van der Waals surface area (Å²) in [5, 5.41) is 4.59. The van der Waals surface area contributed by atoms with Crippen LogP contribution in [0.15, 0.2) is 6.20 Å². The highest BCUT2D eigenvalue weighted by Gasteiger charge is 2.25. The fourth-order valence-electron chi connectivity index (χ4n) is 2.97. The van der Waals surface area contributed by atoms with E-state index in [1.54, 1.807) is 0 Å². The lowest BCUT2D eigenvalue weighted by Gasteiger charge is -2.27. The third-order valence-electron chi connectivity index (χ3n) is 4.16. The molecule has 2 heterocycles. The molecule has 1 aliphatic rings. The molecule has 1 saturated heterocycles. The van der Waals surface area contributed by atoms with Crippen LogP contribution in [0.4, 0.5) is 5.13 Å². The summed E-state index contributed by atoms with van der Waals surface area (Å²) in [6.45, 7) is 11.1. The van der Waals surface area contributed by atoms with E-state index >= 15 is 0 Å². The van der Waals surface area contributed by atoms with Crippen LogP contribution in [0.5, 0.6) is 0 Å². The molecule has 0 radical (unpaired) electrons. The molecule has 1 N–H and O–H groups in total. The van der Waals surface area contributed by atoms with Gasteiger partial charge in [-0.25, -0.2) is 4.98 Å². The molecular formula is C15H28N4S. The Morgan fingerprint density at radius 2 is 2.35 bits per heavy atom.